The van der Waals surface area contributed by atoms with Crippen LogP contribution in [0.25, 0.3) is 23.3 Å². The maximum absolute atomic E-state index is 12.6. The van der Waals surface area contributed by atoms with E-state index in [0.29, 0.717) is 45.4 Å². The van der Waals surface area contributed by atoms with Crippen molar-refractivity contribution in [2.45, 2.75) is 86.0 Å². The van der Waals surface area contributed by atoms with Crippen molar-refractivity contribution >= 4 is 58.2 Å². The number of ether oxygens (including phenoxy) is 3. The molecule has 2 aliphatic heterocycles. The van der Waals surface area contributed by atoms with E-state index < -0.39 is 5.97 Å². The molecule has 0 atom stereocenters. The number of benzene rings is 4. The van der Waals surface area contributed by atoms with Crippen molar-refractivity contribution in [1.29, 1.82) is 0 Å². The van der Waals surface area contributed by atoms with Crippen LogP contribution in [-0.2, 0) is 14.3 Å². The third-order valence-corrected chi connectivity index (χ3v) is 10.3. The van der Waals surface area contributed by atoms with Crippen LogP contribution < -0.4 is 20.1 Å². The first-order valence-corrected chi connectivity index (χ1v) is 19.4. The number of amides is 2. The Morgan fingerprint density at radius 2 is 0.895 bits per heavy atom. The van der Waals surface area contributed by atoms with Crippen LogP contribution in [0.1, 0.15) is 151 Å². The van der Waals surface area contributed by atoms with E-state index in [1.54, 1.807) is 50.6 Å². The summed E-state index contributed by atoms with van der Waals surface area (Å²) in [6.07, 6.45) is 3.78. The molecule has 0 aromatic heterocycles. The van der Waals surface area contributed by atoms with Gasteiger partial charge in [-0.1, -0.05) is 55.4 Å². The zero-order valence-corrected chi connectivity index (χ0v) is 35.1. The van der Waals surface area contributed by atoms with Crippen LogP contribution in [0.15, 0.2) is 60.7 Å². The Morgan fingerprint density at radius 3 is 1.21 bits per heavy atom. The second kappa shape index (κ2) is 17.5. The van der Waals surface area contributed by atoms with Crippen LogP contribution in [0.3, 0.4) is 0 Å². The van der Waals surface area contributed by atoms with Gasteiger partial charge in [-0.25, -0.2) is 4.79 Å². The molecule has 4 aromatic carbocycles. The molecule has 0 radical (unpaired) electrons. The average Bonchev–Trinajstić information content (AvgIpc) is 3.66. The quantitative estimate of drug-likeness (QED) is 0.0936. The van der Waals surface area contributed by atoms with Gasteiger partial charge in [-0.2, -0.15) is 0 Å². The summed E-state index contributed by atoms with van der Waals surface area (Å²) >= 11 is 0. The van der Waals surface area contributed by atoms with E-state index in [-0.39, 0.29) is 29.4 Å². The molecule has 0 bridgehead atoms. The minimum Gasteiger partial charge on any atom is -0.496 e. The molecule has 0 unspecified atom stereocenters. The number of carbonyl (C=O) groups is 4. The number of nitrogens with one attached hydrogen (secondary N) is 2. The van der Waals surface area contributed by atoms with Crippen molar-refractivity contribution in [3.05, 3.63) is 116 Å². The third kappa shape index (κ3) is 8.88. The van der Waals surface area contributed by atoms with Crippen LogP contribution in [0.2, 0.25) is 0 Å². The van der Waals surface area contributed by atoms with E-state index >= 15 is 0 Å². The first-order chi connectivity index (χ1) is 27.0. The molecule has 298 valence electrons. The second-order valence-corrected chi connectivity index (χ2v) is 15.7. The maximum Gasteiger partial charge on any atom is 0.337 e. The van der Waals surface area contributed by atoms with Gasteiger partial charge in [0.2, 0.25) is 0 Å². The SMILES string of the molecule is COC(=O)c1ccc2c(c1)C(=Cc1cc(C(C)C)c(OC)c(C(C)C)c1)C(=O)N2.COc1c(C(C)C)cc(C=C2C(=O)Nc3ccc(C(C)=O)cc32)cc1C(C)C. The van der Waals surface area contributed by atoms with Gasteiger partial charge in [-0.05, 0) is 137 Å². The lowest BCUT2D eigenvalue weighted by molar-refractivity contribution is -0.111. The maximum atomic E-state index is 12.6. The van der Waals surface area contributed by atoms with E-state index in [0.717, 1.165) is 56.1 Å². The molecule has 0 aliphatic carbocycles. The number of Topliss-reactive ketones (excluding diaryl/α,β-unsaturated/α-hetero) is 1. The molecule has 57 heavy (non-hydrogen) atoms. The molecule has 2 heterocycles. The lowest BCUT2D eigenvalue weighted by Gasteiger charge is -2.19. The molecule has 2 N–H and O–H groups in total. The van der Waals surface area contributed by atoms with E-state index in [1.807, 2.05) is 12.2 Å². The van der Waals surface area contributed by atoms with Gasteiger partial charge in [0.05, 0.1) is 26.9 Å². The lowest BCUT2D eigenvalue weighted by atomic mass is 9.90. The van der Waals surface area contributed by atoms with Crippen LogP contribution in [0.4, 0.5) is 11.4 Å². The fraction of sp³-hybridized carbons (Fsp3) is 0.333. The summed E-state index contributed by atoms with van der Waals surface area (Å²) in [6, 6.07) is 18.7. The molecule has 4 aromatic rings. The number of anilines is 2. The number of esters is 1. The van der Waals surface area contributed by atoms with Crippen molar-refractivity contribution in [3.8, 4) is 11.5 Å². The number of hydrogen-bond donors (Lipinski definition) is 2. The standard InChI is InChI=1S/C24H27NO4.C24H27NO3/c1-13(2)17-9-15(10-18(14(3)4)22(17)28-5)11-20-19-12-16(24(27)29-6)7-8-21(19)25-23(20)26;1-13(2)18-9-16(10-19(14(3)4)23(18)28-6)11-21-20-12-17(15(5)26)7-8-22(20)25-24(21)27/h7-14H,1-6H3,(H,25,26);7-14H,1-6H3,(H,25,27). The summed E-state index contributed by atoms with van der Waals surface area (Å²) in [5.74, 6) is 2.17. The number of carbonyl (C=O) groups excluding carboxylic acids is 4. The summed E-state index contributed by atoms with van der Waals surface area (Å²) in [4.78, 5) is 48.9. The average molecular weight is 771 g/mol. The second-order valence-electron chi connectivity index (χ2n) is 15.7. The fourth-order valence-corrected chi connectivity index (χ4v) is 7.21. The van der Waals surface area contributed by atoms with E-state index in [2.05, 4.69) is 90.3 Å². The van der Waals surface area contributed by atoms with Crippen molar-refractivity contribution in [2.75, 3.05) is 32.0 Å². The molecular formula is C48H54N2O7. The Balaban J connectivity index is 0.000000218. The molecule has 0 saturated carbocycles. The molecule has 2 amide bonds. The Labute approximate surface area is 336 Å². The number of rotatable bonds is 10. The van der Waals surface area contributed by atoms with E-state index in [4.69, 9.17) is 14.2 Å². The normalized spacial score (nSPS) is 14.5. The highest BCUT2D eigenvalue weighted by molar-refractivity contribution is 6.36. The first kappa shape index (κ1) is 42.2. The molecule has 0 saturated heterocycles. The smallest absolute Gasteiger partial charge is 0.337 e. The summed E-state index contributed by atoms with van der Waals surface area (Å²) in [5.41, 5.74) is 11.4. The summed E-state index contributed by atoms with van der Waals surface area (Å²) in [5, 5.41) is 5.75. The third-order valence-electron chi connectivity index (χ3n) is 10.3. The van der Waals surface area contributed by atoms with Gasteiger partial charge >= 0.3 is 5.97 Å². The summed E-state index contributed by atoms with van der Waals surface area (Å²) in [6.45, 7) is 18.6. The van der Waals surface area contributed by atoms with Crippen LogP contribution in [0.5, 0.6) is 11.5 Å². The van der Waals surface area contributed by atoms with E-state index in [1.165, 1.54) is 14.0 Å². The zero-order chi connectivity index (χ0) is 41.9. The van der Waals surface area contributed by atoms with Crippen molar-refractivity contribution in [3.63, 3.8) is 0 Å². The fourth-order valence-electron chi connectivity index (χ4n) is 7.21. The van der Waals surface area contributed by atoms with Gasteiger partial charge in [0.15, 0.2) is 5.78 Å². The van der Waals surface area contributed by atoms with Crippen LogP contribution >= 0.6 is 0 Å². The lowest BCUT2D eigenvalue weighted by Crippen LogP contribution is -2.04. The molecule has 9 heteroatoms. The minimum absolute atomic E-state index is 0.0184. The predicted molar refractivity (Wildman–Crippen MR) is 230 cm³/mol. The topological polar surface area (TPSA) is 120 Å². The molecule has 0 spiro atoms. The molecule has 6 rings (SSSR count). The van der Waals surface area contributed by atoms with Gasteiger partial charge in [-0.15, -0.1) is 0 Å². The predicted octanol–water partition coefficient (Wildman–Crippen LogP) is 10.9. The minimum atomic E-state index is -0.430. The first-order valence-electron chi connectivity index (χ1n) is 19.4. The highest BCUT2D eigenvalue weighted by Gasteiger charge is 2.27. The Bertz CT molecular complexity index is 2250. The largest absolute Gasteiger partial charge is 0.496 e. The highest BCUT2D eigenvalue weighted by Crippen LogP contribution is 2.40. The van der Waals surface area contributed by atoms with E-state index in [9.17, 15) is 19.2 Å². The van der Waals surface area contributed by atoms with Gasteiger partial charge < -0.3 is 24.8 Å². The molecule has 0 fully saturated rings. The molecular weight excluding hydrogens is 717 g/mol. The van der Waals surface area contributed by atoms with Crippen LogP contribution in [0, 0.1) is 0 Å². The monoisotopic (exact) mass is 770 g/mol. The Hall–Kier alpha value is -5.96. The number of ketones is 1. The summed E-state index contributed by atoms with van der Waals surface area (Å²) < 4.78 is 16.2. The van der Waals surface area contributed by atoms with Gasteiger partial charge in [0.1, 0.15) is 11.5 Å². The Kier molecular flexibility index (Phi) is 12.9. The molecule has 9 nitrogen and oxygen atoms in total. The van der Waals surface area contributed by atoms with Gasteiger partial charge in [0.25, 0.3) is 11.8 Å². The zero-order valence-electron chi connectivity index (χ0n) is 35.1. The summed E-state index contributed by atoms with van der Waals surface area (Å²) in [7, 11) is 4.74. The highest BCUT2D eigenvalue weighted by atomic mass is 16.5. The molecule has 2 aliphatic rings. The van der Waals surface area contributed by atoms with Gasteiger partial charge in [-0.3, -0.25) is 14.4 Å². The Morgan fingerprint density at radius 1 is 0.544 bits per heavy atom. The number of hydrogen-bond acceptors (Lipinski definition) is 7. The van der Waals surface area contributed by atoms with Crippen molar-refractivity contribution in [1.82, 2.24) is 0 Å². The number of fused-ring (bicyclic) bond motifs is 2. The van der Waals surface area contributed by atoms with Crippen molar-refractivity contribution in [2.24, 2.45) is 0 Å². The van der Waals surface area contributed by atoms with Crippen LogP contribution in [-0.4, -0.2) is 44.9 Å². The van der Waals surface area contributed by atoms with Crippen molar-refractivity contribution < 1.29 is 33.4 Å². The number of methoxy groups -OCH3 is 3. The van der Waals surface area contributed by atoms with Gasteiger partial charge in [0, 0.05) is 39.2 Å².